The van der Waals surface area contributed by atoms with Gasteiger partial charge in [-0.25, -0.2) is 9.78 Å². The SMILES string of the molecule is CC1(C)CC(c2nc3c([nH]2)C2(CCN(C(=O)OCC4CC4)CC2)Oc2cccnc2-3)CC(C)(C)N1. The number of amides is 1. The van der Waals surface area contributed by atoms with Crippen molar-refractivity contribution in [3.63, 3.8) is 0 Å². The third-order valence-electron chi connectivity index (χ3n) is 8.02. The summed E-state index contributed by atoms with van der Waals surface area (Å²) < 4.78 is 12.2. The number of imidazole rings is 1. The van der Waals surface area contributed by atoms with E-state index in [2.05, 4.69) is 43.0 Å². The smallest absolute Gasteiger partial charge is 0.409 e. The summed E-state index contributed by atoms with van der Waals surface area (Å²) in [6.07, 6.45) is 7.35. The van der Waals surface area contributed by atoms with Crippen molar-refractivity contribution in [1.82, 2.24) is 25.2 Å². The Morgan fingerprint density at radius 3 is 2.54 bits per heavy atom. The maximum absolute atomic E-state index is 12.6. The topological polar surface area (TPSA) is 92.4 Å². The third-order valence-corrected chi connectivity index (χ3v) is 8.02. The van der Waals surface area contributed by atoms with Crippen molar-refractivity contribution in [3.05, 3.63) is 29.8 Å². The molecule has 8 heteroatoms. The zero-order valence-corrected chi connectivity index (χ0v) is 21.3. The predicted octanol–water partition coefficient (Wildman–Crippen LogP) is 4.73. The lowest BCUT2D eigenvalue weighted by Crippen LogP contribution is -2.57. The number of pyridine rings is 1. The molecule has 1 aliphatic carbocycles. The largest absolute Gasteiger partial charge is 0.478 e. The molecule has 0 unspecified atom stereocenters. The molecule has 0 bridgehead atoms. The van der Waals surface area contributed by atoms with E-state index in [9.17, 15) is 4.79 Å². The molecule has 188 valence electrons. The molecule has 0 aromatic carbocycles. The summed E-state index contributed by atoms with van der Waals surface area (Å²) in [6, 6.07) is 3.89. The van der Waals surface area contributed by atoms with Crippen molar-refractivity contribution in [3.8, 4) is 17.1 Å². The summed E-state index contributed by atoms with van der Waals surface area (Å²) in [5.41, 5.74) is 2.22. The Hall–Kier alpha value is -2.61. The number of carbonyl (C=O) groups excluding carboxylic acids is 1. The van der Waals surface area contributed by atoms with Gasteiger partial charge in [0.25, 0.3) is 0 Å². The minimum atomic E-state index is -0.540. The molecule has 1 amide bonds. The number of aromatic nitrogens is 3. The number of ether oxygens (including phenoxy) is 2. The molecule has 2 N–H and O–H groups in total. The van der Waals surface area contributed by atoms with Gasteiger partial charge in [-0.05, 0) is 71.4 Å². The number of rotatable bonds is 3. The fourth-order valence-electron chi connectivity index (χ4n) is 6.48. The summed E-state index contributed by atoms with van der Waals surface area (Å²) in [7, 11) is 0. The second kappa shape index (κ2) is 7.95. The maximum atomic E-state index is 12.6. The lowest BCUT2D eigenvalue weighted by molar-refractivity contribution is -0.00922. The number of piperidine rings is 2. The molecular formula is C27H37N5O3. The van der Waals surface area contributed by atoms with Crippen LogP contribution in [0.5, 0.6) is 5.75 Å². The number of hydrogen-bond acceptors (Lipinski definition) is 6. The zero-order chi connectivity index (χ0) is 24.4. The number of nitrogens with one attached hydrogen (secondary N) is 2. The summed E-state index contributed by atoms with van der Waals surface area (Å²) in [6.45, 7) is 10.8. The number of hydrogen-bond donors (Lipinski definition) is 2. The molecule has 3 fully saturated rings. The lowest BCUT2D eigenvalue weighted by atomic mass is 9.75. The summed E-state index contributed by atoms with van der Waals surface area (Å²) >= 11 is 0. The quantitative estimate of drug-likeness (QED) is 0.661. The van der Waals surface area contributed by atoms with Crippen molar-refractivity contribution < 1.29 is 14.3 Å². The van der Waals surface area contributed by atoms with Crippen LogP contribution in [-0.2, 0) is 10.3 Å². The van der Waals surface area contributed by atoms with Gasteiger partial charge in [0, 0.05) is 49.1 Å². The third kappa shape index (κ3) is 4.30. The summed E-state index contributed by atoms with van der Waals surface area (Å²) in [4.78, 5) is 28.0. The summed E-state index contributed by atoms with van der Waals surface area (Å²) in [5, 5.41) is 3.77. The first kappa shape index (κ1) is 22.8. The van der Waals surface area contributed by atoms with E-state index in [1.807, 2.05) is 17.0 Å². The predicted molar refractivity (Wildman–Crippen MR) is 132 cm³/mol. The molecule has 3 aliphatic heterocycles. The van der Waals surface area contributed by atoms with Gasteiger partial charge in [0.05, 0.1) is 12.3 Å². The first-order chi connectivity index (χ1) is 16.6. The van der Waals surface area contributed by atoms with Gasteiger partial charge in [0.2, 0.25) is 0 Å². The van der Waals surface area contributed by atoms with Crippen LogP contribution in [-0.4, -0.2) is 56.7 Å². The average Bonchev–Trinajstić information content (AvgIpc) is 3.51. The van der Waals surface area contributed by atoms with Crippen LogP contribution in [0.25, 0.3) is 11.4 Å². The van der Waals surface area contributed by atoms with Crippen LogP contribution >= 0.6 is 0 Å². The molecule has 2 aromatic rings. The van der Waals surface area contributed by atoms with E-state index in [4.69, 9.17) is 14.5 Å². The van der Waals surface area contributed by atoms with Gasteiger partial charge in [-0.2, -0.15) is 0 Å². The Morgan fingerprint density at radius 1 is 1.14 bits per heavy atom. The van der Waals surface area contributed by atoms with Crippen LogP contribution in [0.1, 0.15) is 83.7 Å². The Morgan fingerprint density at radius 2 is 1.86 bits per heavy atom. The Bertz CT molecular complexity index is 1110. The van der Waals surface area contributed by atoms with Crippen LogP contribution < -0.4 is 10.1 Å². The normalized spacial score (nSPS) is 24.4. The molecule has 0 radical (unpaired) electrons. The van der Waals surface area contributed by atoms with Crippen LogP contribution in [0.3, 0.4) is 0 Å². The van der Waals surface area contributed by atoms with Gasteiger partial charge >= 0.3 is 6.09 Å². The number of fused-ring (bicyclic) bond motifs is 4. The van der Waals surface area contributed by atoms with Crippen LogP contribution in [0.4, 0.5) is 4.79 Å². The van der Waals surface area contributed by atoms with E-state index in [1.165, 1.54) is 12.8 Å². The highest BCUT2D eigenvalue weighted by Gasteiger charge is 2.48. The van der Waals surface area contributed by atoms with Crippen molar-refractivity contribution >= 4 is 6.09 Å². The number of H-pyrrole nitrogens is 1. The zero-order valence-electron chi connectivity index (χ0n) is 21.3. The fraction of sp³-hybridized carbons (Fsp3) is 0.667. The molecule has 6 rings (SSSR count). The lowest BCUT2D eigenvalue weighted by Gasteiger charge is -2.46. The molecule has 1 saturated carbocycles. The monoisotopic (exact) mass is 479 g/mol. The van der Waals surface area contributed by atoms with Gasteiger partial charge in [-0.3, -0.25) is 4.98 Å². The Balaban J connectivity index is 1.30. The minimum absolute atomic E-state index is 0.0240. The van der Waals surface area contributed by atoms with Gasteiger partial charge in [-0.15, -0.1) is 0 Å². The van der Waals surface area contributed by atoms with Crippen molar-refractivity contribution in [2.75, 3.05) is 19.7 Å². The molecule has 0 atom stereocenters. The minimum Gasteiger partial charge on any atom is -0.478 e. The standard InChI is InChI=1S/C27H37N5O3/c1-25(2)14-18(15-26(3,4)31-25)23-29-21-20-19(6-5-11-28-20)35-27(22(21)30-23)9-12-32(13-10-27)24(33)34-16-17-7-8-17/h5-6,11,17-18,31H,7-10,12-16H2,1-4H3,(H,29,30). The number of carbonyl (C=O) groups is 1. The first-order valence-electron chi connectivity index (χ1n) is 13.1. The van der Waals surface area contributed by atoms with Crippen molar-refractivity contribution in [1.29, 1.82) is 0 Å². The molecule has 4 aliphatic rings. The highest BCUT2D eigenvalue weighted by atomic mass is 16.6. The maximum Gasteiger partial charge on any atom is 0.409 e. The van der Waals surface area contributed by atoms with Gasteiger partial charge in [0.1, 0.15) is 23.0 Å². The second-order valence-electron chi connectivity index (χ2n) is 12.3. The van der Waals surface area contributed by atoms with Gasteiger partial charge in [-0.1, -0.05) is 0 Å². The molecule has 35 heavy (non-hydrogen) atoms. The van der Waals surface area contributed by atoms with Crippen molar-refractivity contribution in [2.24, 2.45) is 5.92 Å². The molecular weight excluding hydrogens is 442 g/mol. The molecule has 2 aromatic heterocycles. The van der Waals surface area contributed by atoms with Gasteiger partial charge < -0.3 is 24.7 Å². The highest BCUT2D eigenvalue weighted by molar-refractivity contribution is 5.70. The Labute approximate surface area is 207 Å². The number of aromatic amines is 1. The molecule has 5 heterocycles. The van der Waals surface area contributed by atoms with E-state index in [1.54, 1.807) is 6.20 Å². The molecule has 1 spiro atoms. The summed E-state index contributed by atoms with van der Waals surface area (Å²) in [5.74, 6) is 2.67. The number of nitrogens with zero attached hydrogens (tertiary/aromatic N) is 3. The average molecular weight is 480 g/mol. The van der Waals surface area contributed by atoms with Crippen LogP contribution in [0, 0.1) is 5.92 Å². The second-order valence-corrected chi connectivity index (χ2v) is 12.3. The van der Waals surface area contributed by atoms with Crippen LogP contribution in [0.2, 0.25) is 0 Å². The van der Waals surface area contributed by atoms with E-state index in [0.717, 1.165) is 41.5 Å². The number of likely N-dealkylation sites (tertiary alicyclic amines) is 1. The first-order valence-corrected chi connectivity index (χ1v) is 13.1. The Kier molecular flexibility index (Phi) is 5.18. The van der Waals surface area contributed by atoms with E-state index >= 15 is 0 Å². The van der Waals surface area contributed by atoms with Gasteiger partial charge in [0.15, 0.2) is 5.60 Å². The van der Waals surface area contributed by atoms with Crippen molar-refractivity contribution in [2.45, 2.75) is 88.8 Å². The van der Waals surface area contributed by atoms with E-state index in [0.29, 0.717) is 44.4 Å². The molecule has 8 nitrogen and oxygen atoms in total. The van der Waals surface area contributed by atoms with E-state index < -0.39 is 5.60 Å². The van der Waals surface area contributed by atoms with Crippen LogP contribution in [0.15, 0.2) is 18.3 Å². The molecule has 2 saturated heterocycles. The van der Waals surface area contributed by atoms with E-state index in [-0.39, 0.29) is 17.2 Å². The highest BCUT2D eigenvalue weighted by Crippen LogP contribution is 2.49. The fourth-order valence-corrected chi connectivity index (χ4v) is 6.48.